The number of alkyl halides is 2. The van der Waals surface area contributed by atoms with Gasteiger partial charge in [0.25, 0.3) is 0 Å². The van der Waals surface area contributed by atoms with E-state index in [1.165, 1.54) is 0 Å². The number of carboxylic acid groups (broad SMARTS) is 1. The lowest BCUT2D eigenvalue weighted by molar-refractivity contribution is -0.136. The lowest BCUT2D eigenvalue weighted by Crippen LogP contribution is -2.17. The first-order valence-electron chi connectivity index (χ1n) is 4.10. The summed E-state index contributed by atoms with van der Waals surface area (Å²) in [5.41, 5.74) is 2.12. The summed E-state index contributed by atoms with van der Waals surface area (Å²) in [5.74, 6) is -0.868. The van der Waals surface area contributed by atoms with Gasteiger partial charge in [0.1, 0.15) is 4.83 Å². The summed E-state index contributed by atoms with van der Waals surface area (Å²) in [4.78, 5) is 9.89. The molecule has 76 valence electrons. The molecule has 1 N–H and O–H groups in total. The second-order valence-electron chi connectivity index (χ2n) is 3.05. The Hall–Kier alpha value is -0.350. The van der Waals surface area contributed by atoms with Crippen LogP contribution >= 0.6 is 31.9 Å². The van der Waals surface area contributed by atoms with E-state index in [-0.39, 0.29) is 4.83 Å². The Morgan fingerprint density at radius 3 is 2.21 bits per heavy atom. The fourth-order valence-electron chi connectivity index (χ4n) is 1.04. The maximum Gasteiger partial charge on any atom is 0.318 e. The van der Waals surface area contributed by atoms with Crippen molar-refractivity contribution in [2.45, 2.75) is 16.6 Å². The minimum Gasteiger partial charge on any atom is -0.480 e. The summed E-state index contributed by atoms with van der Waals surface area (Å²) >= 11 is 6.47. The highest BCUT2D eigenvalue weighted by Gasteiger charge is 2.23. The van der Waals surface area contributed by atoms with Crippen molar-refractivity contribution in [1.29, 1.82) is 0 Å². The topological polar surface area (TPSA) is 37.3 Å². The molecule has 0 aliphatic heterocycles. The van der Waals surface area contributed by atoms with Crippen molar-refractivity contribution in [3.8, 4) is 0 Å². The number of rotatable bonds is 3. The van der Waals surface area contributed by atoms with Gasteiger partial charge in [-0.1, -0.05) is 61.7 Å². The van der Waals surface area contributed by atoms with Crippen molar-refractivity contribution in [3.05, 3.63) is 35.4 Å². The highest BCUT2D eigenvalue weighted by atomic mass is 79.9. The van der Waals surface area contributed by atoms with Crippen molar-refractivity contribution in [1.82, 2.24) is 0 Å². The lowest BCUT2D eigenvalue weighted by atomic mass is 10.1. The second-order valence-corrected chi connectivity index (χ2v) is 5.03. The average Bonchev–Trinajstić information content (AvgIpc) is 2.16. The molecule has 0 spiro atoms. The number of carbonyl (C=O) groups is 1. The van der Waals surface area contributed by atoms with Crippen molar-refractivity contribution >= 4 is 37.8 Å². The third-order valence-electron chi connectivity index (χ3n) is 1.89. The Kier molecular flexibility index (Phi) is 4.13. The first-order valence-corrected chi connectivity index (χ1v) is 5.93. The van der Waals surface area contributed by atoms with Gasteiger partial charge in [-0.25, -0.2) is 0 Å². The predicted octanol–water partition coefficient (Wildman–Crippen LogP) is 3.28. The third-order valence-corrected chi connectivity index (χ3v) is 4.58. The number of aliphatic carboxylic acids is 1. The van der Waals surface area contributed by atoms with Crippen LogP contribution in [-0.4, -0.2) is 15.9 Å². The zero-order valence-corrected chi connectivity index (χ0v) is 10.7. The number of benzene rings is 1. The van der Waals surface area contributed by atoms with Crippen LogP contribution in [0.4, 0.5) is 0 Å². The fraction of sp³-hybridized carbons (Fsp3) is 0.300. The third kappa shape index (κ3) is 2.82. The molecule has 0 radical (unpaired) electrons. The van der Waals surface area contributed by atoms with Crippen LogP contribution in [0.3, 0.4) is 0 Å². The van der Waals surface area contributed by atoms with Gasteiger partial charge in [-0.2, -0.15) is 0 Å². The van der Waals surface area contributed by atoms with E-state index in [4.69, 9.17) is 5.11 Å². The smallest absolute Gasteiger partial charge is 0.318 e. The van der Waals surface area contributed by atoms with E-state index in [0.29, 0.717) is 0 Å². The molecule has 1 rings (SSSR count). The van der Waals surface area contributed by atoms with Crippen LogP contribution in [0.1, 0.15) is 16.0 Å². The quantitative estimate of drug-likeness (QED) is 0.867. The highest BCUT2D eigenvalue weighted by molar-refractivity contribution is 9.12. The molecule has 0 amide bonds. The molecule has 0 aliphatic carbocycles. The summed E-state index contributed by atoms with van der Waals surface area (Å²) in [7, 11) is 0. The maximum atomic E-state index is 10.7. The average molecular weight is 322 g/mol. The van der Waals surface area contributed by atoms with Crippen LogP contribution in [0, 0.1) is 6.92 Å². The molecule has 0 aliphatic rings. The van der Waals surface area contributed by atoms with Crippen molar-refractivity contribution in [2.24, 2.45) is 0 Å². The molecule has 0 saturated heterocycles. The Labute approximate surface area is 99.6 Å². The molecular weight excluding hydrogens is 312 g/mol. The van der Waals surface area contributed by atoms with Gasteiger partial charge in [0.15, 0.2) is 0 Å². The molecule has 1 aromatic rings. The van der Waals surface area contributed by atoms with Crippen LogP contribution in [0.5, 0.6) is 0 Å². The number of carboxylic acids is 1. The molecule has 1 aromatic carbocycles. The summed E-state index contributed by atoms with van der Waals surface area (Å²) in [6.45, 7) is 2.00. The summed E-state index contributed by atoms with van der Waals surface area (Å²) < 4.78 is 0. The fourth-order valence-corrected chi connectivity index (χ4v) is 1.88. The van der Waals surface area contributed by atoms with E-state index in [0.717, 1.165) is 11.1 Å². The monoisotopic (exact) mass is 320 g/mol. The molecule has 4 heteroatoms. The highest BCUT2D eigenvalue weighted by Crippen LogP contribution is 2.31. The van der Waals surface area contributed by atoms with Gasteiger partial charge in [-0.15, -0.1) is 0 Å². The van der Waals surface area contributed by atoms with Gasteiger partial charge in [0.05, 0.1) is 4.83 Å². The molecule has 0 aromatic heterocycles. The first-order chi connectivity index (χ1) is 6.52. The van der Waals surface area contributed by atoms with E-state index in [1.54, 1.807) is 0 Å². The molecular formula is C10H10Br2O2. The standard InChI is InChI=1S/C10H10Br2O2/c1-6-2-4-7(5-3-6)8(11)9(12)10(13)14/h2-5,8-9H,1H3,(H,13,14)/t8-,9-/m1/s1. The van der Waals surface area contributed by atoms with E-state index >= 15 is 0 Å². The van der Waals surface area contributed by atoms with Crippen LogP contribution in [0.25, 0.3) is 0 Å². The maximum absolute atomic E-state index is 10.7. The Morgan fingerprint density at radius 2 is 1.79 bits per heavy atom. The largest absolute Gasteiger partial charge is 0.480 e. The van der Waals surface area contributed by atoms with Crippen LogP contribution in [0.15, 0.2) is 24.3 Å². The molecule has 14 heavy (non-hydrogen) atoms. The Balaban J connectivity index is 2.84. The van der Waals surface area contributed by atoms with Crippen LogP contribution in [-0.2, 0) is 4.79 Å². The molecule has 0 heterocycles. The molecule has 0 bridgehead atoms. The zero-order valence-electron chi connectivity index (χ0n) is 7.58. The molecule has 2 nitrogen and oxygen atoms in total. The van der Waals surface area contributed by atoms with E-state index < -0.39 is 10.8 Å². The predicted molar refractivity (Wildman–Crippen MR) is 63.2 cm³/mol. The molecule has 0 fully saturated rings. The lowest BCUT2D eigenvalue weighted by Gasteiger charge is -2.13. The van der Waals surface area contributed by atoms with E-state index in [9.17, 15) is 4.79 Å². The molecule has 0 saturated carbocycles. The van der Waals surface area contributed by atoms with Gasteiger partial charge in [-0.05, 0) is 12.5 Å². The van der Waals surface area contributed by atoms with Crippen LogP contribution < -0.4 is 0 Å². The van der Waals surface area contributed by atoms with Gasteiger partial charge < -0.3 is 5.11 Å². The van der Waals surface area contributed by atoms with Crippen molar-refractivity contribution in [2.75, 3.05) is 0 Å². The van der Waals surface area contributed by atoms with Crippen molar-refractivity contribution in [3.63, 3.8) is 0 Å². The number of halogens is 2. The van der Waals surface area contributed by atoms with Crippen LogP contribution in [0.2, 0.25) is 0 Å². The van der Waals surface area contributed by atoms with Gasteiger partial charge in [0, 0.05) is 0 Å². The van der Waals surface area contributed by atoms with E-state index in [1.807, 2.05) is 31.2 Å². The number of aryl methyl sites for hydroxylation is 1. The first kappa shape index (κ1) is 11.7. The SMILES string of the molecule is Cc1ccc([C@@H](Br)[C@@H](Br)C(=O)O)cc1. The Morgan fingerprint density at radius 1 is 1.29 bits per heavy atom. The van der Waals surface area contributed by atoms with E-state index in [2.05, 4.69) is 31.9 Å². The van der Waals surface area contributed by atoms with Gasteiger partial charge in [0.2, 0.25) is 0 Å². The minimum atomic E-state index is -0.868. The number of hydrogen-bond acceptors (Lipinski definition) is 1. The zero-order chi connectivity index (χ0) is 10.7. The van der Waals surface area contributed by atoms with Gasteiger partial charge in [-0.3, -0.25) is 4.79 Å². The number of hydrogen-bond donors (Lipinski definition) is 1. The normalized spacial score (nSPS) is 14.8. The second kappa shape index (κ2) is 4.94. The minimum absolute atomic E-state index is 0.208. The summed E-state index contributed by atoms with van der Waals surface area (Å²) in [5, 5.41) is 8.79. The molecule has 0 unspecified atom stereocenters. The molecule has 2 atom stereocenters. The summed E-state index contributed by atoms with van der Waals surface area (Å²) in [6, 6.07) is 7.77. The van der Waals surface area contributed by atoms with Crippen molar-refractivity contribution < 1.29 is 9.90 Å². The van der Waals surface area contributed by atoms with Gasteiger partial charge >= 0.3 is 5.97 Å². The Bertz CT molecular complexity index is 321. The summed E-state index contributed by atoms with van der Waals surface area (Å²) in [6.07, 6.45) is 0.